The molecule has 0 saturated heterocycles. The van der Waals surface area contributed by atoms with Crippen LogP contribution in [-0.4, -0.2) is 9.46 Å². The van der Waals surface area contributed by atoms with Crippen LogP contribution < -0.4 is 0 Å². The van der Waals surface area contributed by atoms with E-state index in [4.69, 9.17) is 0 Å². The molecule has 0 aliphatic heterocycles. The Balaban J connectivity index is 1.85. The number of hydrogen-bond donors (Lipinski definition) is 0. The Bertz CT molecular complexity index is 410. The predicted molar refractivity (Wildman–Crippen MR) is 62.0 cm³/mol. The number of fused-ring (bicyclic) bond motifs is 2. The first-order valence-electron chi connectivity index (χ1n) is 5.48. The molecule has 4 unspecified atom stereocenters. The lowest BCUT2D eigenvalue weighted by atomic mass is 10.1. The predicted octanol–water partition coefficient (Wildman–Crippen LogP) is 2.76. The average Bonchev–Trinajstić information content (AvgIpc) is 2.91. The van der Waals surface area contributed by atoms with Gasteiger partial charge in [-0.1, -0.05) is 30.4 Å². The number of hydrogen-bond acceptors (Lipinski definition) is 1. The fourth-order valence-electron chi connectivity index (χ4n) is 2.71. The van der Waals surface area contributed by atoms with Crippen LogP contribution >= 0.6 is 0 Å². The molecule has 0 heterocycles. The molecule has 15 heavy (non-hydrogen) atoms. The first-order chi connectivity index (χ1) is 7.34. The second-order valence-electron chi connectivity index (χ2n) is 4.43. The normalized spacial score (nSPS) is 34.5. The Kier molecular flexibility index (Phi) is 2.24. The molecule has 1 saturated carbocycles. The van der Waals surface area contributed by atoms with Gasteiger partial charge in [-0.05, 0) is 36.8 Å². The van der Waals surface area contributed by atoms with Crippen LogP contribution in [0.25, 0.3) is 0 Å². The molecule has 2 heteroatoms. The third-order valence-corrected chi connectivity index (χ3v) is 5.30. The van der Waals surface area contributed by atoms with Crippen molar-refractivity contribution in [3.63, 3.8) is 0 Å². The van der Waals surface area contributed by atoms with E-state index in [2.05, 4.69) is 12.2 Å². The van der Waals surface area contributed by atoms with Crippen molar-refractivity contribution < 1.29 is 4.21 Å². The summed E-state index contributed by atoms with van der Waals surface area (Å²) in [6.07, 6.45) is 6.90. The van der Waals surface area contributed by atoms with Crippen LogP contribution in [-0.2, 0) is 10.8 Å². The first kappa shape index (κ1) is 9.34. The van der Waals surface area contributed by atoms with Gasteiger partial charge >= 0.3 is 0 Å². The third-order valence-electron chi connectivity index (χ3n) is 3.47. The molecule has 0 amide bonds. The summed E-state index contributed by atoms with van der Waals surface area (Å²) in [5.74, 6) is 1.27. The minimum absolute atomic E-state index is 0.363. The van der Waals surface area contributed by atoms with E-state index in [1.54, 1.807) is 0 Å². The second kappa shape index (κ2) is 3.60. The second-order valence-corrected chi connectivity index (χ2v) is 6.10. The minimum Gasteiger partial charge on any atom is -0.254 e. The standard InChI is InChI=1S/C13H14OS/c14-15(12-4-2-1-3-5-12)13-9-10-6-7-11(13)8-10/h1-7,10-11,13H,8-9H2. The highest BCUT2D eigenvalue weighted by atomic mass is 32.2. The van der Waals surface area contributed by atoms with Crippen LogP contribution in [0.3, 0.4) is 0 Å². The van der Waals surface area contributed by atoms with E-state index in [9.17, 15) is 4.21 Å². The van der Waals surface area contributed by atoms with Gasteiger partial charge in [0.1, 0.15) is 0 Å². The van der Waals surface area contributed by atoms with E-state index in [0.717, 1.165) is 11.3 Å². The van der Waals surface area contributed by atoms with Crippen LogP contribution in [0.4, 0.5) is 0 Å². The van der Waals surface area contributed by atoms with Crippen LogP contribution in [0.2, 0.25) is 0 Å². The van der Waals surface area contributed by atoms with Gasteiger partial charge in [-0.2, -0.15) is 0 Å². The lowest BCUT2D eigenvalue weighted by Gasteiger charge is -2.17. The van der Waals surface area contributed by atoms with Crippen LogP contribution in [0.1, 0.15) is 12.8 Å². The van der Waals surface area contributed by atoms with Crippen LogP contribution in [0, 0.1) is 11.8 Å². The first-order valence-corrected chi connectivity index (χ1v) is 6.70. The van der Waals surface area contributed by atoms with Crippen molar-refractivity contribution in [1.29, 1.82) is 0 Å². The zero-order valence-electron chi connectivity index (χ0n) is 8.50. The van der Waals surface area contributed by atoms with Crippen molar-refractivity contribution in [3.05, 3.63) is 42.5 Å². The van der Waals surface area contributed by atoms with E-state index in [1.165, 1.54) is 6.42 Å². The summed E-state index contributed by atoms with van der Waals surface area (Å²) in [6.45, 7) is 0. The summed E-state index contributed by atoms with van der Waals surface area (Å²) in [5.41, 5.74) is 0. The molecule has 2 aliphatic carbocycles. The SMILES string of the molecule is O=S(c1ccccc1)C1CC2C=CC1C2. The van der Waals surface area contributed by atoms with Gasteiger partial charge in [0.2, 0.25) is 0 Å². The third kappa shape index (κ3) is 1.57. The minimum atomic E-state index is -0.810. The summed E-state index contributed by atoms with van der Waals surface area (Å²) >= 11 is 0. The van der Waals surface area contributed by atoms with E-state index < -0.39 is 10.8 Å². The van der Waals surface area contributed by atoms with E-state index in [0.29, 0.717) is 17.1 Å². The summed E-state index contributed by atoms with van der Waals surface area (Å²) in [7, 11) is -0.810. The highest BCUT2D eigenvalue weighted by molar-refractivity contribution is 7.85. The number of benzene rings is 1. The van der Waals surface area contributed by atoms with E-state index in [1.807, 2.05) is 30.3 Å². The molecule has 78 valence electrons. The molecule has 1 fully saturated rings. The quantitative estimate of drug-likeness (QED) is 0.698. The maximum atomic E-state index is 12.3. The Morgan fingerprint density at radius 1 is 1.07 bits per heavy atom. The average molecular weight is 218 g/mol. The molecule has 2 aliphatic rings. The fourth-order valence-corrected chi connectivity index (χ4v) is 4.42. The molecule has 3 rings (SSSR count). The van der Waals surface area contributed by atoms with Crippen molar-refractivity contribution in [2.45, 2.75) is 23.0 Å². The fraction of sp³-hybridized carbons (Fsp3) is 0.385. The van der Waals surface area contributed by atoms with Gasteiger partial charge in [-0.15, -0.1) is 0 Å². The van der Waals surface area contributed by atoms with Gasteiger partial charge in [-0.3, -0.25) is 4.21 Å². The molecule has 1 aromatic carbocycles. The van der Waals surface area contributed by atoms with Crippen molar-refractivity contribution >= 4 is 10.8 Å². The summed E-state index contributed by atoms with van der Waals surface area (Å²) in [6, 6.07) is 9.87. The molecule has 1 aromatic rings. The summed E-state index contributed by atoms with van der Waals surface area (Å²) in [4.78, 5) is 0.989. The maximum absolute atomic E-state index is 12.3. The van der Waals surface area contributed by atoms with E-state index in [-0.39, 0.29) is 0 Å². The van der Waals surface area contributed by atoms with Gasteiger partial charge in [0, 0.05) is 10.1 Å². The molecule has 0 radical (unpaired) electrons. The van der Waals surface area contributed by atoms with Gasteiger partial charge < -0.3 is 0 Å². The smallest absolute Gasteiger partial charge is 0.0567 e. The largest absolute Gasteiger partial charge is 0.254 e. The Labute approximate surface area is 92.7 Å². The van der Waals surface area contributed by atoms with E-state index >= 15 is 0 Å². The molecule has 2 bridgehead atoms. The molecular weight excluding hydrogens is 204 g/mol. The molecule has 0 aromatic heterocycles. The topological polar surface area (TPSA) is 17.1 Å². The van der Waals surface area contributed by atoms with Crippen molar-refractivity contribution in [3.8, 4) is 0 Å². The van der Waals surface area contributed by atoms with Crippen LogP contribution in [0.5, 0.6) is 0 Å². The maximum Gasteiger partial charge on any atom is 0.0567 e. The zero-order valence-corrected chi connectivity index (χ0v) is 9.32. The lowest BCUT2D eigenvalue weighted by molar-refractivity contribution is 0.641. The summed E-state index contributed by atoms with van der Waals surface area (Å²) in [5, 5.41) is 0.363. The van der Waals surface area contributed by atoms with Crippen molar-refractivity contribution in [2.24, 2.45) is 11.8 Å². The van der Waals surface area contributed by atoms with Gasteiger partial charge in [0.25, 0.3) is 0 Å². The van der Waals surface area contributed by atoms with Gasteiger partial charge in [0.05, 0.1) is 10.8 Å². The van der Waals surface area contributed by atoms with Crippen molar-refractivity contribution in [2.75, 3.05) is 0 Å². The molecule has 0 N–H and O–H groups in total. The Morgan fingerprint density at radius 3 is 2.47 bits per heavy atom. The zero-order chi connectivity index (χ0) is 10.3. The molecule has 0 spiro atoms. The highest BCUT2D eigenvalue weighted by Crippen LogP contribution is 2.42. The monoisotopic (exact) mass is 218 g/mol. The molecule has 4 atom stereocenters. The number of rotatable bonds is 2. The molecular formula is C13H14OS. The van der Waals surface area contributed by atoms with Crippen LogP contribution in [0.15, 0.2) is 47.4 Å². The summed E-state index contributed by atoms with van der Waals surface area (Å²) < 4.78 is 12.3. The lowest BCUT2D eigenvalue weighted by Crippen LogP contribution is -2.20. The van der Waals surface area contributed by atoms with Crippen molar-refractivity contribution in [1.82, 2.24) is 0 Å². The highest BCUT2D eigenvalue weighted by Gasteiger charge is 2.39. The Hall–Kier alpha value is -0.890. The van der Waals surface area contributed by atoms with Gasteiger partial charge in [0.15, 0.2) is 0 Å². The van der Waals surface area contributed by atoms with Gasteiger partial charge in [-0.25, -0.2) is 0 Å². The number of allylic oxidation sites excluding steroid dienone is 2. The molecule has 1 nitrogen and oxygen atoms in total. The Morgan fingerprint density at radius 2 is 1.87 bits per heavy atom.